The molecular formula is C16H18N2O. The Morgan fingerprint density at radius 2 is 2.11 bits per heavy atom. The predicted octanol–water partition coefficient (Wildman–Crippen LogP) is 3.25. The monoisotopic (exact) mass is 254 g/mol. The molecular weight excluding hydrogens is 236 g/mol. The Morgan fingerprint density at radius 3 is 3.00 bits per heavy atom. The molecule has 1 aliphatic rings. The Labute approximate surface area is 113 Å². The average molecular weight is 254 g/mol. The first kappa shape index (κ1) is 12.0. The molecule has 0 saturated carbocycles. The zero-order valence-electron chi connectivity index (χ0n) is 11.4. The van der Waals surface area contributed by atoms with Crippen LogP contribution in [0.2, 0.25) is 0 Å². The number of ether oxygens (including phenoxy) is 1. The third kappa shape index (κ3) is 2.41. The maximum absolute atomic E-state index is 5.87. The van der Waals surface area contributed by atoms with Gasteiger partial charge in [0.15, 0.2) is 0 Å². The van der Waals surface area contributed by atoms with Crippen molar-refractivity contribution in [2.24, 2.45) is 0 Å². The first-order chi connectivity index (χ1) is 9.24. The Morgan fingerprint density at radius 1 is 1.21 bits per heavy atom. The zero-order valence-corrected chi connectivity index (χ0v) is 11.4. The van der Waals surface area contributed by atoms with Crippen molar-refractivity contribution >= 4 is 5.82 Å². The van der Waals surface area contributed by atoms with Crippen LogP contribution in [0.3, 0.4) is 0 Å². The van der Waals surface area contributed by atoms with E-state index in [-0.39, 0.29) is 0 Å². The topological polar surface area (TPSA) is 34.1 Å². The molecule has 0 unspecified atom stereocenters. The summed E-state index contributed by atoms with van der Waals surface area (Å²) in [5.74, 6) is 1.96. The van der Waals surface area contributed by atoms with Gasteiger partial charge in [0.1, 0.15) is 18.2 Å². The van der Waals surface area contributed by atoms with Gasteiger partial charge in [-0.05, 0) is 49.1 Å². The van der Waals surface area contributed by atoms with Crippen LogP contribution in [0, 0.1) is 13.8 Å². The van der Waals surface area contributed by atoms with Crippen molar-refractivity contribution in [2.45, 2.75) is 26.9 Å². The van der Waals surface area contributed by atoms with E-state index in [1.54, 1.807) is 0 Å². The summed E-state index contributed by atoms with van der Waals surface area (Å²) in [5.41, 5.74) is 4.72. The minimum absolute atomic E-state index is 0.513. The minimum atomic E-state index is 0.513. The van der Waals surface area contributed by atoms with Crippen LogP contribution in [0.1, 0.15) is 22.4 Å². The standard InChI is InChI=1S/C16H18N2O/c1-11-4-3-5-15(12(11)2)19-10-14-7-6-13-8-9-17-16(13)18-14/h3-7H,8-10H2,1-2H3,(H,17,18). The molecule has 1 aromatic heterocycles. The van der Waals surface area contributed by atoms with Gasteiger partial charge in [-0.2, -0.15) is 0 Å². The number of aryl methyl sites for hydroxylation is 1. The molecule has 0 aliphatic carbocycles. The van der Waals surface area contributed by atoms with Gasteiger partial charge in [-0.15, -0.1) is 0 Å². The lowest BCUT2D eigenvalue weighted by Gasteiger charge is -2.11. The summed E-state index contributed by atoms with van der Waals surface area (Å²) < 4.78 is 5.87. The number of benzene rings is 1. The van der Waals surface area contributed by atoms with E-state index in [1.165, 1.54) is 16.7 Å². The van der Waals surface area contributed by atoms with Crippen molar-refractivity contribution < 1.29 is 4.74 Å². The Kier molecular flexibility index (Phi) is 3.11. The number of hydrogen-bond acceptors (Lipinski definition) is 3. The maximum Gasteiger partial charge on any atom is 0.130 e. The largest absolute Gasteiger partial charge is 0.487 e. The molecule has 3 nitrogen and oxygen atoms in total. The lowest BCUT2D eigenvalue weighted by Crippen LogP contribution is -2.02. The van der Waals surface area contributed by atoms with Crippen LogP contribution in [-0.2, 0) is 13.0 Å². The van der Waals surface area contributed by atoms with Crippen molar-refractivity contribution in [3.8, 4) is 5.75 Å². The minimum Gasteiger partial charge on any atom is -0.487 e. The molecule has 0 saturated heterocycles. The van der Waals surface area contributed by atoms with Crippen LogP contribution >= 0.6 is 0 Å². The summed E-state index contributed by atoms with van der Waals surface area (Å²) in [6.07, 6.45) is 1.07. The van der Waals surface area contributed by atoms with Crippen molar-refractivity contribution in [3.05, 3.63) is 52.7 Å². The van der Waals surface area contributed by atoms with Crippen LogP contribution in [0.4, 0.5) is 5.82 Å². The SMILES string of the molecule is Cc1cccc(OCc2ccc3c(n2)NCC3)c1C. The van der Waals surface area contributed by atoms with E-state index in [9.17, 15) is 0 Å². The summed E-state index contributed by atoms with van der Waals surface area (Å²) in [7, 11) is 0. The molecule has 3 rings (SSSR count). The molecule has 0 fully saturated rings. The zero-order chi connectivity index (χ0) is 13.2. The molecule has 19 heavy (non-hydrogen) atoms. The lowest BCUT2D eigenvalue weighted by atomic mass is 10.1. The molecule has 1 aliphatic heterocycles. The van der Waals surface area contributed by atoms with E-state index in [1.807, 2.05) is 12.1 Å². The normalized spacial score (nSPS) is 12.9. The highest BCUT2D eigenvalue weighted by atomic mass is 16.5. The van der Waals surface area contributed by atoms with E-state index in [4.69, 9.17) is 4.74 Å². The fourth-order valence-corrected chi connectivity index (χ4v) is 2.31. The van der Waals surface area contributed by atoms with E-state index in [0.717, 1.165) is 30.2 Å². The molecule has 98 valence electrons. The number of nitrogens with one attached hydrogen (secondary N) is 1. The number of anilines is 1. The predicted molar refractivity (Wildman–Crippen MR) is 76.7 cm³/mol. The molecule has 0 bridgehead atoms. The fraction of sp³-hybridized carbons (Fsp3) is 0.312. The molecule has 1 aromatic carbocycles. The second-order valence-electron chi connectivity index (χ2n) is 4.97. The number of aromatic nitrogens is 1. The second kappa shape index (κ2) is 4.92. The van der Waals surface area contributed by atoms with Crippen LogP contribution in [0.15, 0.2) is 30.3 Å². The summed E-state index contributed by atoms with van der Waals surface area (Å²) in [4.78, 5) is 4.58. The number of fused-ring (bicyclic) bond motifs is 1. The Hall–Kier alpha value is -2.03. The number of rotatable bonds is 3. The molecule has 0 amide bonds. The third-order valence-electron chi connectivity index (χ3n) is 3.65. The quantitative estimate of drug-likeness (QED) is 0.913. The lowest BCUT2D eigenvalue weighted by molar-refractivity contribution is 0.299. The van der Waals surface area contributed by atoms with Gasteiger partial charge in [0.2, 0.25) is 0 Å². The molecule has 0 radical (unpaired) electrons. The van der Waals surface area contributed by atoms with Crippen LogP contribution < -0.4 is 10.1 Å². The highest BCUT2D eigenvalue weighted by molar-refractivity contribution is 5.49. The van der Waals surface area contributed by atoms with Gasteiger partial charge in [-0.1, -0.05) is 18.2 Å². The van der Waals surface area contributed by atoms with Crippen molar-refractivity contribution in [1.29, 1.82) is 0 Å². The van der Waals surface area contributed by atoms with Crippen LogP contribution in [0.25, 0.3) is 0 Å². The number of pyridine rings is 1. The summed E-state index contributed by atoms with van der Waals surface area (Å²) in [6.45, 7) is 5.69. The van der Waals surface area contributed by atoms with Gasteiger partial charge in [0.05, 0.1) is 5.69 Å². The van der Waals surface area contributed by atoms with Gasteiger partial charge >= 0.3 is 0 Å². The first-order valence-electron chi connectivity index (χ1n) is 6.66. The molecule has 3 heteroatoms. The highest BCUT2D eigenvalue weighted by Gasteiger charge is 2.12. The van der Waals surface area contributed by atoms with Crippen molar-refractivity contribution in [1.82, 2.24) is 4.98 Å². The molecule has 2 heterocycles. The molecule has 0 spiro atoms. The van der Waals surface area contributed by atoms with Crippen LogP contribution in [-0.4, -0.2) is 11.5 Å². The third-order valence-corrected chi connectivity index (χ3v) is 3.65. The van der Waals surface area contributed by atoms with Gasteiger partial charge in [0, 0.05) is 6.54 Å². The molecule has 2 aromatic rings. The van der Waals surface area contributed by atoms with Gasteiger partial charge < -0.3 is 10.1 Å². The first-order valence-corrected chi connectivity index (χ1v) is 6.66. The summed E-state index contributed by atoms with van der Waals surface area (Å²) in [6, 6.07) is 10.3. The van der Waals surface area contributed by atoms with E-state index < -0.39 is 0 Å². The van der Waals surface area contributed by atoms with Gasteiger partial charge in [-0.3, -0.25) is 0 Å². The van der Waals surface area contributed by atoms with Crippen molar-refractivity contribution in [2.75, 3.05) is 11.9 Å². The average Bonchev–Trinajstić information content (AvgIpc) is 2.88. The Bertz CT molecular complexity index is 608. The van der Waals surface area contributed by atoms with E-state index in [0.29, 0.717) is 6.61 Å². The van der Waals surface area contributed by atoms with Gasteiger partial charge in [-0.25, -0.2) is 4.98 Å². The summed E-state index contributed by atoms with van der Waals surface area (Å²) in [5, 5.41) is 3.29. The van der Waals surface area contributed by atoms with E-state index >= 15 is 0 Å². The maximum atomic E-state index is 5.87. The second-order valence-corrected chi connectivity index (χ2v) is 4.97. The highest BCUT2D eigenvalue weighted by Crippen LogP contribution is 2.23. The number of hydrogen-bond donors (Lipinski definition) is 1. The summed E-state index contributed by atoms with van der Waals surface area (Å²) >= 11 is 0. The molecule has 1 N–H and O–H groups in total. The number of nitrogens with zero attached hydrogens (tertiary/aromatic N) is 1. The fourth-order valence-electron chi connectivity index (χ4n) is 2.31. The van der Waals surface area contributed by atoms with E-state index in [2.05, 4.69) is 42.3 Å². The molecule has 0 atom stereocenters. The van der Waals surface area contributed by atoms with Gasteiger partial charge in [0.25, 0.3) is 0 Å². The van der Waals surface area contributed by atoms with Crippen LogP contribution in [0.5, 0.6) is 5.75 Å². The van der Waals surface area contributed by atoms with Crippen molar-refractivity contribution in [3.63, 3.8) is 0 Å². The Balaban J connectivity index is 1.74. The smallest absolute Gasteiger partial charge is 0.130 e.